The predicted octanol–water partition coefficient (Wildman–Crippen LogP) is 6.06. The number of aliphatic hydroxyl groups is 1. The van der Waals surface area contributed by atoms with Gasteiger partial charge in [-0.15, -0.1) is 0 Å². The molecule has 130 valence electrons. The summed E-state index contributed by atoms with van der Waals surface area (Å²) in [5, 5.41) is 10.5. The van der Waals surface area contributed by atoms with Gasteiger partial charge in [0.25, 0.3) is 8.32 Å². The van der Waals surface area contributed by atoms with Crippen molar-refractivity contribution in [3.63, 3.8) is 0 Å². The molecule has 0 amide bonds. The first-order valence-corrected chi connectivity index (χ1v) is 10.9. The lowest BCUT2D eigenvalue weighted by Crippen LogP contribution is -2.46. The molecular weight excluding hydrogens is 300 g/mol. The van der Waals surface area contributed by atoms with Crippen LogP contribution in [-0.4, -0.2) is 13.4 Å². The highest BCUT2D eigenvalue weighted by atomic mass is 28.4. The molecule has 0 radical (unpaired) electrons. The van der Waals surface area contributed by atoms with Crippen molar-refractivity contribution in [1.29, 1.82) is 0 Å². The molecule has 0 unspecified atom stereocenters. The lowest BCUT2D eigenvalue weighted by atomic mass is 9.98. The molecule has 0 bridgehead atoms. The summed E-state index contributed by atoms with van der Waals surface area (Å²) in [6.07, 6.45) is 3.37. The second kappa shape index (κ2) is 8.70. The molecule has 1 aromatic rings. The van der Waals surface area contributed by atoms with Gasteiger partial charge in [-0.2, -0.15) is 0 Å². The number of rotatable bonds is 8. The number of aliphatic hydroxyl groups excluding tert-OH is 1. The van der Waals surface area contributed by atoms with Gasteiger partial charge in [0.2, 0.25) is 0 Å². The lowest BCUT2D eigenvalue weighted by Gasteiger charge is -2.41. The molecular formula is C20H34O2Si. The predicted molar refractivity (Wildman–Crippen MR) is 102 cm³/mol. The minimum Gasteiger partial charge on any atom is -0.548 e. The van der Waals surface area contributed by atoms with Crippen LogP contribution in [0.2, 0.25) is 16.6 Å². The summed E-state index contributed by atoms with van der Waals surface area (Å²) < 4.78 is 6.42. The highest BCUT2D eigenvalue weighted by Gasteiger charge is 2.46. The Morgan fingerprint density at radius 3 is 1.78 bits per heavy atom. The molecule has 0 saturated carbocycles. The van der Waals surface area contributed by atoms with E-state index in [4.69, 9.17) is 4.43 Å². The fourth-order valence-corrected chi connectivity index (χ4v) is 8.88. The van der Waals surface area contributed by atoms with Crippen molar-refractivity contribution in [2.45, 2.75) is 71.2 Å². The van der Waals surface area contributed by atoms with Crippen LogP contribution in [0.5, 0.6) is 0 Å². The van der Waals surface area contributed by atoms with Gasteiger partial charge in [-0.05, 0) is 28.3 Å². The quantitative estimate of drug-likeness (QED) is 0.462. The van der Waals surface area contributed by atoms with Crippen LogP contribution >= 0.6 is 0 Å². The first kappa shape index (κ1) is 20.0. The molecule has 23 heavy (non-hydrogen) atoms. The Morgan fingerprint density at radius 1 is 0.870 bits per heavy atom. The van der Waals surface area contributed by atoms with Crippen molar-refractivity contribution in [1.82, 2.24) is 0 Å². The summed E-state index contributed by atoms with van der Waals surface area (Å²) in [6, 6.07) is 9.81. The van der Waals surface area contributed by atoms with E-state index in [1.807, 2.05) is 49.6 Å². The van der Waals surface area contributed by atoms with Gasteiger partial charge in [-0.1, -0.05) is 78.8 Å². The second-order valence-corrected chi connectivity index (χ2v) is 12.9. The largest absolute Gasteiger partial charge is 0.548 e. The fourth-order valence-electron chi connectivity index (χ4n) is 3.75. The van der Waals surface area contributed by atoms with Gasteiger partial charge >= 0.3 is 0 Å². The molecule has 1 aromatic carbocycles. The van der Waals surface area contributed by atoms with E-state index in [0.29, 0.717) is 16.6 Å². The molecule has 0 aliphatic carbocycles. The van der Waals surface area contributed by atoms with Gasteiger partial charge in [-0.3, -0.25) is 0 Å². The summed E-state index contributed by atoms with van der Waals surface area (Å²) >= 11 is 0. The summed E-state index contributed by atoms with van der Waals surface area (Å²) in [5.41, 5.74) is 2.62. The Kier molecular flexibility index (Phi) is 7.55. The monoisotopic (exact) mass is 334 g/mol. The maximum absolute atomic E-state index is 10.5. The maximum atomic E-state index is 10.5. The Labute approximate surface area is 143 Å². The summed E-state index contributed by atoms with van der Waals surface area (Å²) in [6.45, 7) is 15.7. The van der Waals surface area contributed by atoms with Crippen LogP contribution in [0.25, 0.3) is 0 Å². The maximum Gasteiger partial charge on any atom is 0.257 e. The van der Waals surface area contributed by atoms with Gasteiger partial charge < -0.3 is 9.53 Å². The Hall–Kier alpha value is -1.06. The summed E-state index contributed by atoms with van der Waals surface area (Å²) in [4.78, 5) is 0. The van der Waals surface area contributed by atoms with Crippen LogP contribution in [0.3, 0.4) is 0 Å². The normalized spacial score (nSPS) is 15.6. The van der Waals surface area contributed by atoms with Crippen molar-refractivity contribution in [2.24, 2.45) is 5.92 Å². The molecule has 0 aliphatic rings. The van der Waals surface area contributed by atoms with Crippen LogP contribution in [0, 0.1) is 5.92 Å². The minimum atomic E-state index is -1.88. The molecule has 1 rings (SSSR count). The summed E-state index contributed by atoms with van der Waals surface area (Å²) in [7, 11) is -1.88. The van der Waals surface area contributed by atoms with Crippen LogP contribution in [0.1, 0.15) is 60.1 Å². The van der Waals surface area contributed by atoms with Crippen molar-refractivity contribution in [3.05, 3.63) is 48.2 Å². The number of benzene rings is 1. The average molecular weight is 335 g/mol. The lowest BCUT2D eigenvalue weighted by molar-refractivity contribution is 0.138. The molecule has 2 atom stereocenters. The SMILES string of the molecule is CC(C)[Si](O/C=C/[C@H](C)[C@H](O)c1ccccc1)(C(C)C)C(C)C. The van der Waals surface area contributed by atoms with Crippen molar-refractivity contribution in [2.75, 3.05) is 0 Å². The topological polar surface area (TPSA) is 29.5 Å². The zero-order chi connectivity index (χ0) is 17.6. The highest BCUT2D eigenvalue weighted by Crippen LogP contribution is 2.42. The van der Waals surface area contributed by atoms with Crippen LogP contribution < -0.4 is 0 Å². The van der Waals surface area contributed by atoms with E-state index in [1.54, 1.807) is 0 Å². The van der Waals surface area contributed by atoms with E-state index in [1.165, 1.54) is 0 Å². The molecule has 0 aliphatic heterocycles. The zero-order valence-corrected chi connectivity index (χ0v) is 16.8. The molecule has 0 aromatic heterocycles. The standard InChI is InChI=1S/C20H34O2Si/c1-15(2)23(16(3)4,17(5)6)22-14-13-18(7)20(21)19-11-9-8-10-12-19/h8-18,20-21H,1-7H3/b14-13+/t18-,20-/m0/s1. The Morgan fingerprint density at radius 2 is 1.35 bits per heavy atom. The zero-order valence-electron chi connectivity index (χ0n) is 15.8. The first-order chi connectivity index (χ1) is 10.7. The van der Waals surface area contributed by atoms with Gasteiger partial charge in [0.05, 0.1) is 12.4 Å². The van der Waals surface area contributed by atoms with E-state index in [-0.39, 0.29) is 5.92 Å². The number of hydrogen-bond donors (Lipinski definition) is 1. The number of hydrogen-bond acceptors (Lipinski definition) is 2. The van der Waals surface area contributed by atoms with E-state index < -0.39 is 14.4 Å². The third-order valence-electron chi connectivity index (χ3n) is 5.00. The smallest absolute Gasteiger partial charge is 0.257 e. The highest BCUT2D eigenvalue weighted by molar-refractivity contribution is 6.77. The Bertz CT molecular complexity index is 458. The van der Waals surface area contributed by atoms with Crippen LogP contribution in [-0.2, 0) is 4.43 Å². The van der Waals surface area contributed by atoms with E-state index in [0.717, 1.165) is 5.56 Å². The van der Waals surface area contributed by atoms with Crippen molar-refractivity contribution < 1.29 is 9.53 Å². The molecule has 1 N–H and O–H groups in total. The minimum absolute atomic E-state index is 0.0237. The van der Waals surface area contributed by atoms with Gasteiger partial charge in [0.15, 0.2) is 0 Å². The fraction of sp³-hybridized carbons (Fsp3) is 0.600. The van der Waals surface area contributed by atoms with Crippen molar-refractivity contribution in [3.8, 4) is 0 Å². The van der Waals surface area contributed by atoms with Gasteiger partial charge in [0, 0.05) is 5.92 Å². The van der Waals surface area contributed by atoms with Gasteiger partial charge in [-0.25, -0.2) is 0 Å². The van der Waals surface area contributed by atoms with Crippen molar-refractivity contribution >= 4 is 8.32 Å². The molecule has 0 spiro atoms. The average Bonchev–Trinajstić information content (AvgIpc) is 2.50. The summed E-state index contributed by atoms with van der Waals surface area (Å²) in [5.74, 6) is 0.0237. The second-order valence-electron chi connectivity index (χ2n) is 7.48. The molecule has 0 saturated heterocycles. The van der Waals surface area contributed by atoms with E-state index >= 15 is 0 Å². The van der Waals surface area contributed by atoms with E-state index in [9.17, 15) is 5.11 Å². The molecule has 0 heterocycles. The Balaban J connectivity index is 2.83. The third-order valence-corrected chi connectivity index (χ3v) is 11.0. The van der Waals surface area contributed by atoms with Gasteiger partial charge in [0.1, 0.15) is 0 Å². The van der Waals surface area contributed by atoms with E-state index in [2.05, 4.69) is 41.5 Å². The molecule has 0 fully saturated rings. The van der Waals surface area contributed by atoms with Crippen LogP contribution in [0.4, 0.5) is 0 Å². The molecule has 2 nitrogen and oxygen atoms in total. The van der Waals surface area contributed by atoms with Crippen LogP contribution in [0.15, 0.2) is 42.7 Å². The molecule has 3 heteroatoms. The first-order valence-electron chi connectivity index (χ1n) is 8.80. The third kappa shape index (κ3) is 4.71.